The van der Waals surface area contributed by atoms with Crippen molar-refractivity contribution in [3.8, 4) is 0 Å². The molecule has 0 bridgehead atoms. The Balaban J connectivity index is 0.000000215. The van der Waals surface area contributed by atoms with Crippen LogP contribution in [0.15, 0.2) is 126 Å². The fourth-order valence-corrected chi connectivity index (χ4v) is 5.51. The van der Waals surface area contributed by atoms with E-state index in [0.717, 1.165) is 9.37 Å². The fraction of sp³-hybridized carbons (Fsp3) is 0.0435. The predicted molar refractivity (Wildman–Crippen MR) is 133 cm³/mol. The van der Waals surface area contributed by atoms with Crippen LogP contribution in [0.5, 0.6) is 0 Å². The molecule has 0 aliphatic rings. The molecular formula is C23H20Br2N2O2S2. The molecule has 0 saturated carbocycles. The van der Waals surface area contributed by atoms with Crippen molar-refractivity contribution in [1.29, 1.82) is 0 Å². The van der Waals surface area contributed by atoms with Crippen LogP contribution in [0.3, 0.4) is 0 Å². The van der Waals surface area contributed by atoms with Crippen LogP contribution in [0.1, 0.15) is 7.43 Å². The second-order valence-corrected chi connectivity index (χ2v) is 10.8. The molecule has 0 fully saturated rings. The average Bonchev–Trinajstić information content (AvgIpc) is 2.76. The maximum absolute atomic E-state index is 12.1. The van der Waals surface area contributed by atoms with Gasteiger partial charge in [0.2, 0.25) is 9.84 Å². The van der Waals surface area contributed by atoms with Crippen LogP contribution < -0.4 is 0 Å². The van der Waals surface area contributed by atoms with Crippen LogP contribution >= 0.6 is 43.6 Å². The van der Waals surface area contributed by atoms with Gasteiger partial charge in [-0.1, -0.05) is 55.6 Å². The monoisotopic (exact) mass is 578 g/mol. The Bertz CT molecular complexity index is 1210. The molecule has 2 heterocycles. The molecule has 4 aromatic rings. The lowest BCUT2D eigenvalue weighted by atomic mass is 10.4. The maximum Gasteiger partial charge on any atom is 0.208 e. The van der Waals surface area contributed by atoms with E-state index in [1.807, 2.05) is 24.4 Å². The van der Waals surface area contributed by atoms with Crippen molar-refractivity contribution in [1.82, 2.24) is 9.97 Å². The minimum atomic E-state index is -3.45. The van der Waals surface area contributed by atoms with E-state index in [4.69, 9.17) is 0 Å². The Hall–Kier alpha value is -2.00. The first kappa shape index (κ1) is 25.3. The number of aromatic nitrogens is 2. The summed E-state index contributed by atoms with van der Waals surface area (Å²) >= 11 is 8.31. The van der Waals surface area contributed by atoms with Gasteiger partial charge in [0.15, 0.2) is 0 Å². The van der Waals surface area contributed by atoms with Gasteiger partial charge < -0.3 is 0 Å². The zero-order valence-electron chi connectivity index (χ0n) is 15.5. The van der Waals surface area contributed by atoms with E-state index in [2.05, 4.69) is 60.0 Å². The molecule has 2 aromatic heterocycles. The molecule has 0 unspecified atom stereocenters. The van der Waals surface area contributed by atoms with Crippen LogP contribution in [0, 0.1) is 0 Å². The minimum Gasteiger partial charge on any atom is -0.262 e. The largest absolute Gasteiger partial charge is 0.262 e. The van der Waals surface area contributed by atoms with Crippen molar-refractivity contribution >= 4 is 53.5 Å². The highest BCUT2D eigenvalue weighted by molar-refractivity contribution is 9.10. The predicted octanol–water partition coefficient (Wildman–Crippen LogP) is 7.31. The number of hydrogen-bond donors (Lipinski definition) is 0. The molecule has 4 nitrogen and oxygen atoms in total. The van der Waals surface area contributed by atoms with Gasteiger partial charge >= 0.3 is 0 Å². The summed E-state index contributed by atoms with van der Waals surface area (Å²) in [6.45, 7) is 0. The number of sulfone groups is 1. The summed E-state index contributed by atoms with van der Waals surface area (Å²) in [4.78, 5) is 10.8. The summed E-state index contributed by atoms with van der Waals surface area (Å²) in [7, 11) is -3.45. The molecule has 0 aliphatic carbocycles. The van der Waals surface area contributed by atoms with Crippen molar-refractivity contribution in [3.63, 3.8) is 0 Å². The molecule has 160 valence electrons. The van der Waals surface area contributed by atoms with Gasteiger partial charge in [-0.2, -0.15) is 0 Å². The average molecular weight is 580 g/mol. The smallest absolute Gasteiger partial charge is 0.208 e. The van der Waals surface area contributed by atoms with Gasteiger partial charge in [-0.25, -0.2) is 8.42 Å². The van der Waals surface area contributed by atoms with Gasteiger partial charge in [0, 0.05) is 43.5 Å². The lowest BCUT2D eigenvalue weighted by molar-refractivity contribution is 0.595. The van der Waals surface area contributed by atoms with Gasteiger partial charge in [-0.3, -0.25) is 9.97 Å². The lowest BCUT2D eigenvalue weighted by Crippen LogP contribution is -2.02. The Morgan fingerprint density at radius 1 is 0.645 bits per heavy atom. The summed E-state index contributed by atoms with van der Waals surface area (Å²) in [6, 6.07) is 22.2. The summed E-state index contributed by atoms with van der Waals surface area (Å²) in [6.07, 6.45) is 6.54. The Labute approximate surface area is 204 Å². The molecule has 0 amide bonds. The molecular weight excluding hydrogens is 560 g/mol. The third kappa shape index (κ3) is 7.57. The maximum atomic E-state index is 12.1. The number of pyridine rings is 2. The molecule has 2 aromatic carbocycles. The molecule has 0 atom stereocenters. The standard InChI is InChI=1S/C11H8BrNO2S.C11H8BrNS.CH4/c12-9-6-11(8-13-7-9)16(14,15)10-4-2-1-3-5-10;12-9-6-11(8-13-7-9)14-10-4-2-1-3-5-10;/h1-8H;1-8H;1H4. The topological polar surface area (TPSA) is 59.9 Å². The zero-order valence-corrected chi connectivity index (χ0v) is 20.3. The lowest BCUT2D eigenvalue weighted by Gasteiger charge is -2.03. The van der Waals surface area contributed by atoms with Crippen LogP contribution in [0.25, 0.3) is 0 Å². The molecule has 0 aliphatic heterocycles. The fourth-order valence-electron chi connectivity index (χ4n) is 2.35. The van der Waals surface area contributed by atoms with Crippen LogP contribution in [0.2, 0.25) is 0 Å². The second kappa shape index (κ2) is 12.1. The number of benzene rings is 2. The molecule has 0 radical (unpaired) electrons. The summed E-state index contributed by atoms with van der Waals surface area (Å²) in [5, 5.41) is 0. The Kier molecular flexibility index (Phi) is 9.90. The van der Waals surface area contributed by atoms with E-state index in [-0.39, 0.29) is 17.2 Å². The quantitative estimate of drug-likeness (QED) is 0.254. The molecule has 4 rings (SSSR count). The third-order valence-corrected chi connectivity index (χ3v) is 7.27. The highest BCUT2D eigenvalue weighted by atomic mass is 79.9. The first-order valence-electron chi connectivity index (χ1n) is 8.69. The van der Waals surface area contributed by atoms with Crippen molar-refractivity contribution in [2.75, 3.05) is 0 Å². The van der Waals surface area contributed by atoms with Crippen LogP contribution in [0.4, 0.5) is 0 Å². The summed E-state index contributed by atoms with van der Waals surface area (Å²) in [5.74, 6) is 0. The highest BCUT2D eigenvalue weighted by Gasteiger charge is 2.17. The SMILES string of the molecule is Brc1cncc(Sc2ccccc2)c1.C.O=S(=O)(c1ccccc1)c1cncc(Br)c1. The highest BCUT2D eigenvalue weighted by Crippen LogP contribution is 2.28. The van der Waals surface area contributed by atoms with E-state index < -0.39 is 9.84 Å². The van der Waals surface area contributed by atoms with E-state index in [1.54, 1.807) is 54.5 Å². The second-order valence-electron chi connectivity index (χ2n) is 5.91. The normalized spacial score (nSPS) is 10.4. The van der Waals surface area contributed by atoms with Gasteiger partial charge in [0.25, 0.3) is 0 Å². The number of halogens is 2. The Morgan fingerprint density at radius 3 is 1.77 bits per heavy atom. The minimum absolute atomic E-state index is 0. The van der Waals surface area contributed by atoms with E-state index in [9.17, 15) is 8.42 Å². The van der Waals surface area contributed by atoms with Crippen molar-refractivity contribution in [3.05, 3.63) is 107 Å². The van der Waals surface area contributed by atoms with E-state index in [1.165, 1.54) is 17.2 Å². The summed E-state index contributed by atoms with van der Waals surface area (Å²) in [5.41, 5.74) is 0. The molecule has 0 saturated heterocycles. The molecule has 8 heteroatoms. The van der Waals surface area contributed by atoms with Crippen molar-refractivity contribution in [2.45, 2.75) is 27.0 Å². The molecule has 0 N–H and O–H groups in total. The first-order valence-corrected chi connectivity index (χ1v) is 12.6. The summed E-state index contributed by atoms with van der Waals surface area (Å²) < 4.78 is 25.9. The van der Waals surface area contributed by atoms with Gasteiger partial charge in [-0.15, -0.1) is 0 Å². The number of hydrogen-bond acceptors (Lipinski definition) is 5. The number of rotatable bonds is 4. The van der Waals surface area contributed by atoms with Gasteiger partial charge in [-0.05, 0) is 68.3 Å². The van der Waals surface area contributed by atoms with Crippen LogP contribution in [-0.4, -0.2) is 18.4 Å². The van der Waals surface area contributed by atoms with Crippen molar-refractivity contribution < 1.29 is 8.42 Å². The number of nitrogens with zero attached hydrogens (tertiary/aromatic N) is 2. The third-order valence-electron chi connectivity index (χ3n) is 3.70. The van der Waals surface area contributed by atoms with Gasteiger partial charge in [0.05, 0.1) is 9.79 Å². The van der Waals surface area contributed by atoms with Gasteiger partial charge in [0.1, 0.15) is 0 Å². The first-order chi connectivity index (χ1) is 14.4. The van der Waals surface area contributed by atoms with Crippen LogP contribution in [-0.2, 0) is 9.84 Å². The van der Waals surface area contributed by atoms with Crippen molar-refractivity contribution in [2.24, 2.45) is 0 Å². The van der Waals surface area contributed by atoms with E-state index >= 15 is 0 Å². The zero-order chi connectivity index (χ0) is 21.4. The molecule has 31 heavy (non-hydrogen) atoms. The molecule has 0 spiro atoms. The van der Waals surface area contributed by atoms with E-state index in [0.29, 0.717) is 4.47 Å². The Morgan fingerprint density at radius 2 is 1.19 bits per heavy atom.